The summed E-state index contributed by atoms with van der Waals surface area (Å²) in [4.78, 5) is 0.288. The van der Waals surface area contributed by atoms with Crippen molar-refractivity contribution in [1.82, 2.24) is 4.57 Å². The fraction of sp³-hybridized carbons (Fsp3) is 0.120. The summed E-state index contributed by atoms with van der Waals surface area (Å²) in [5.41, 5.74) is 3.07. The molecule has 5 heteroatoms. The van der Waals surface area contributed by atoms with Gasteiger partial charge in [0.2, 0.25) is 0 Å². The Balaban J connectivity index is 1.77. The summed E-state index contributed by atoms with van der Waals surface area (Å²) in [6, 6.07) is 30.5. The molecule has 3 aromatic carbocycles. The molecule has 0 atom stereocenters. The lowest BCUT2D eigenvalue weighted by Crippen LogP contribution is -2.32. The molecule has 30 heavy (non-hydrogen) atoms. The SMILES string of the molecule is Cc1ccc(S(=O)(=O)N(Cc2ccccc2)c2cccn2Cc2ccccc2)cc1. The Hall–Kier alpha value is -3.31. The molecule has 0 aliphatic rings. The van der Waals surface area contributed by atoms with Gasteiger partial charge in [-0.15, -0.1) is 0 Å². The van der Waals surface area contributed by atoms with Crippen LogP contribution < -0.4 is 4.31 Å². The van der Waals surface area contributed by atoms with E-state index in [0.717, 1.165) is 16.7 Å². The van der Waals surface area contributed by atoms with E-state index >= 15 is 0 Å². The van der Waals surface area contributed by atoms with E-state index in [1.54, 1.807) is 12.1 Å². The molecule has 0 aliphatic heterocycles. The van der Waals surface area contributed by atoms with Gasteiger partial charge in [-0.05, 0) is 42.3 Å². The number of aromatic nitrogens is 1. The Bertz CT molecular complexity index is 1200. The summed E-state index contributed by atoms with van der Waals surface area (Å²) < 4.78 is 30.8. The minimum absolute atomic E-state index is 0.260. The minimum atomic E-state index is -3.74. The van der Waals surface area contributed by atoms with Crippen molar-refractivity contribution in [2.45, 2.75) is 24.9 Å². The predicted molar refractivity (Wildman–Crippen MR) is 121 cm³/mol. The molecule has 4 nitrogen and oxygen atoms in total. The van der Waals surface area contributed by atoms with Crippen molar-refractivity contribution in [3.63, 3.8) is 0 Å². The molecule has 0 fully saturated rings. The maximum absolute atomic E-state index is 13.7. The number of hydrogen-bond acceptors (Lipinski definition) is 2. The number of sulfonamides is 1. The van der Waals surface area contributed by atoms with E-state index in [9.17, 15) is 8.42 Å². The maximum atomic E-state index is 13.7. The lowest BCUT2D eigenvalue weighted by Gasteiger charge is -2.26. The highest BCUT2D eigenvalue weighted by Crippen LogP contribution is 2.27. The highest BCUT2D eigenvalue weighted by Gasteiger charge is 2.27. The van der Waals surface area contributed by atoms with Gasteiger partial charge in [-0.1, -0.05) is 78.4 Å². The van der Waals surface area contributed by atoms with Crippen molar-refractivity contribution in [3.05, 3.63) is 120 Å². The number of rotatable bonds is 7. The second-order valence-corrected chi connectivity index (χ2v) is 9.15. The van der Waals surface area contributed by atoms with E-state index in [2.05, 4.69) is 0 Å². The summed E-state index contributed by atoms with van der Waals surface area (Å²) in [7, 11) is -3.74. The molecular formula is C25H24N2O2S. The van der Waals surface area contributed by atoms with Crippen LogP contribution in [0.3, 0.4) is 0 Å². The normalized spacial score (nSPS) is 11.4. The van der Waals surface area contributed by atoms with Gasteiger partial charge in [-0.3, -0.25) is 0 Å². The number of benzene rings is 3. The zero-order valence-corrected chi connectivity index (χ0v) is 17.7. The second kappa shape index (κ2) is 8.59. The average molecular weight is 417 g/mol. The van der Waals surface area contributed by atoms with E-state index in [4.69, 9.17) is 0 Å². The van der Waals surface area contributed by atoms with Crippen LogP contribution in [0.15, 0.2) is 108 Å². The quantitative estimate of drug-likeness (QED) is 0.413. The van der Waals surface area contributed by atoms with Crippen LogP contribution >= 0.6 is 0 Å². The largest absolute Gasteiger partial charge is 0.329 e. The van der Waals surface area contributed by atoms with Crippen LogP contribution in [-0.2, 0) is 23.1 Å². The number of hydrogen-bond donors (Lipinski definition) is 0. The van der Waals surface area contributed by atoms with Gasteiger partial charge >= 0.3 is 0 Å². The monoisotopic (exact) mass is 416 g/mol. The van der Waals surface area contributed by atoms with Crippen LogP contribution in [0.4, 0.5) is 5.82 Å². The van der Waals surface area contributed by atoms with Gasteiger partial charge in [0.05, 0.1) is 11.4 Å². The van der Waals surface area contributed by atoms with Crippen LogP contribution in [0.5, 0.6) is 0 Å². The molecule has 0 spiro atoms. The molecule has 4 aromatic rings. The summed E-state index contributed by atoms with van der Waals surface area (Å²) in [5, 5.41) is 0. The predicted octanol–water partition coefficient (Wildman–Crippen LogP) is 5.24. The molecule has 1 heterocycles. The first-order valence-corrected chi connectivity index (χ1v) is 11.3. The van der Waals surface area contributed by atoms with Crippen molar-refractivity contribution in [3.8, 4) is 0 Å². The van der Waals surface area contributed by atoms with Crippen molar-refractivity contribution < 1.29 is 8.42 Å². The van der Waals surface area contributed by atoms with Gasteiger partial charge in [0.15, 0.2) is 0 Å². The third kappa shape index (κ3) is 4.31. The molecule has 0 N–H and O–H groups in total. The van der Waals surface area contributed by atoms with E-state index in [1.807, 2.05) is 103 Å². The van der Waals surface area contributed by atoms with Crippen LogP contribution in [0.2, 0.25) is 0 Å². The summed E-state index contributed by atoms with van der Waals surface area (Å²) in [6.45, 7) is 2.80. The van der Waals surface area contributed by atoms with E-state index in [0.29, 0.717) is 12.4 Å². The first-order valence-electron chi connectivity index (χ1n) is 9.86. The lowest BCUT2D eigenvalue weighted by molar-refractivity contribution is 0.588. The highest BCUT2D eigenvalue weighted by molar-refractivity contribution is 7.92. The zero-order chi connectivity index (χ0) is 21.0. The van der Waals surface area contributed by atoms with Gasteiger partial charge in [-0.2, -0.15) is 0 Å². The summed E-state index contributed by atoms with van der Waals surface area (Å²) in [5.74, 6) is 0.642. The molecule has 0 radical (unpaired) electrons. The third-order valence-corrected chi connectivity index (χ3v) is 6.80. The van der Waals surface area contributed by atoms with Crippen LogP contribution in [-0.4, -0.2) is 13.0 Å². The van der Waals surface area contributed by atoms with Crippen molar-refractivity contribution in [1.29, 1.82) is 0 Å². The van der Waals surface area contributed by atoms with E-state index in [-0.39, 0.29) is 11.4 Å². The van der Waals surface area contributed by atoms with Crippen molar-refractivity contribution in [2.24, 2.45) is 0 Å². The molecule has 0 amide bonds. The summed E-state index contributed by atoms with van der Waals surface area (Å²) in [6.07, 6.45) is 1.92. The first kappa shape index (κ1) is 20.0. The molecular weight excluding hydrogens is 392 g/mol. The standard InChI is InChI=1S/C25H24N2O2S/c1-21-14-16-24(17-15-21)30(28,29)27(20-23-11-6-3-7-12-23)25-13-8-18-26(25)19-22-9-4-2-5-10-22/h2-18H,19-20H2,1H3. The topological polar surface area (TPSA) is 42.3 Å². The molecule has 0 aliphatic carbocycles. The number of nitrogens with zero attached hydrogens (tertiary/aromatic N) is 2. The van der Waals surface area contributed by atoms with E-state index < -0.39 is 10.0 Å². The van der Waals surface area contributed by atoms with Gasteiger partial charge < -0.3 is 4.57 Å². The van der Waals surface area contributed by atoms with Crippen LogP contribution in [0.1, 0.15) is 16.7 Å². The average Bonchev–Trinajstić information content (AvgIpc) is 3.21. The molecule has 0 unspecified atom stereocenters. The Morgan fingerprint density at radius 3 is 1.97 bits per heavy atom. The maximum Gasteiger partial charge on any atom is 0.265 e. The highest BCUT2D eigenvalue weighted by atomic mass is 32.2. The molecule has 4 rings (SSSR count). The van der Waals surface area contributed by atoms with Crippen molar-refractivity contribution >= 4 is 15.8 Å². The zero-order valence-electron chi connectivity index (χ0n) is 16.8. The Kier molecular flexibility index (Phi) is 5.72. The molecule has 152 valence electrons. The fourth-order valence-corrected chi connectivity index (χ4v) is 4.89. The molecule has 0 saturated carbocycles. The van der Waals surface area contributed by atoms with Crippen LogP contribution in [0, 0.1) is 6.92 Å². The Morgan fingerprint density at radius 1 is 0.733 bits per heavy atom. The minimum Gasteiger partial charge on any atom is -0.329 e. The first-order chi connectivity index (χ1) is 14.5. The molecule has 1 aromatic heterocycles. The van der Waals surface area contributed by atoms with Gasteiger partial charge in [0, 0.05) is 12.7 Å². The Morgan fingerprint density at radius 2 is 1.33 bits per heavy atom. The molecule has 0 saturated heterocycles. The van der Waals surface area contributed by atoms with Gasteiger partial charge in [0.1, 0.15) is 5.82 Å². The number of anilines is 1. The number of aryl methyl sites for hydroxylation is 1. The third-order valence-electron chi connectivity index (χ3n) is 5.03. The van der Waals surface area contributed by atoms with E-state index in [1.165, 1.54) is 4.31 Å². The smallest absolute Gasteiger partial charge is 0.265 e. The van der Waals surface area contributed by atoms with Gasteiger partial charge in [-0.25, -0.2) is 12.7 Å². The van der Waals surface area contributed by atoms with Crippen LogP contribution in [0.25, 0.3) is 0 Å². The molecule has 0 bridgehead atoms. The second-order valence-electron chi connectivity index (χ2n) is 7.29. The van der Waals surface area contributed by atoms with Gasteiger partial charge in [0.25, 0.3) is 10.0 Å². The fourth-order valence-electron chi connectivity index (χ4n) is 3.42. The lowest BCUT2D eigenvalue weighted by atomic mass is 10.2. The summed E-state index contributed by atoms with van der Waals surface area (Å²) >= 11 is 0. The van der Waals surface area contributed by atoms with Crippen molar-refractivity contribution in [2.75, 3.05) is 4.31 Å². The Labute approximate surface area is 178 Å².